The van der Waals surface area contributed by atoms with Crippen molar-refractivity contribution in [3.05, 3.63) is 107 Å². The Labute approximate surface area is 329 Å². The standard InChI is InChI=1S/C44H46F6N4O3/c1-2-3-4-5-6-7-8-9-10-11-12-13-14-39(55)42(31-15-21-35(22-16-31)56-40-25-19-33(53-29-51)27-37(40)43(45,46)47)32-17-23-36(24-18-32)57-41-26-20-34(54-30-52)28-38(41)44(48,49)50/h15-28,42,53-54H,2-14H2,1H3. The van der Waals surface area contributed by atoms with Crippen LogP contribution in [-0.2, 0) is 17.1 Å². The molecule has 2 N–H and O–H groups in total. The van der Waals surface area contributed by atoms with Crippen LogP contribution in [0.15, 0.2) is 84.9 Å². The maximum Gasteiger partial charge on any atom is 0.420 e. The molecule has 0 heterocycles. The van der Waals surface area contributed by atoms with E-state index < -0.39 is 40.9 Å². The Bertz CT molecular complexity index is 1840. The van der Waals surface area contributed by atoms with E-state index in [2.05, 4.69) is 17.6 Å². The van der Waals surface area contributed by atoms with E-state index in [1.54, 1.807) is 36.7 Å². The third kappa shape index (κ3) is 13.8. The Morgan fingerprint density at radius 1 is 0.579 bits per heavy atom. The molecule has 0 fully saturated rings. The van der Waals surface area contributed by atoms with Crippen molar-refractivity contribution < 1.29 is 40.6 Å². The second-order valence-electron chi connectivity index (χ2n) is 13.8. The summed E-state index contributed by atoms with van der Waals surface area (Å²) in [6.45, 7) is 2.21. The number of Topliss-reactive ketones (excluding diaryl/α,β-unsaturated/α-hetero) is 1. The highest BCUT2D eigenvalue weighted by molar-refractivity contribution is 5.89. The van der Waals surface area contributed by atoms with Crippen LogP contribution in [0, 0.1) is 22.9 Å². The van der Waals surface area contributed by atoms with Crippen LogP contribution in [0.5, 0.6) is 23.0 Å². The van der Waals surface area contributed by atoms with Crippen LogP contribution in [0.4, 0.5) is 37.7 Å². The van der Waals surface area contributed by atoms with Gasteiger partial charge >= 0.3 is 12.4 Å². The SMILES string of the molecule is CCCCCCCCCCCCCCC(=O)C(c1ccc(Oc2ccc(NC#N)cc2C(F)(F)F)cc1)c1ccc(Oc2ccc(NC#N)cc2C(F)(F)F)cc1. The smallest absolute Gasteiger partial charge is 0.420 e. The molecule has 0 saturated heterocycles. The average Bonchev–Trinajstić information content (AvgIpc) is 3.17. The summed E-state index contributed by atoms with van der Waals surface area (Å²) in [7, 11) is 0. The Balaban J connectivity index is 1.50. The lowest BCUT2D eigenvalue weighted by Crippen LogP contribution is -2.14. The highest BCUT2D eigenvalue weighted by Crippen LogP contribution is 2.42. The summed E-state index contributed by atoms with van der Waals surface area (Å²) in [6, 6.07) is 18.5. The van der Waals surface area contributed by atoms with Crippen molar-refractivity contribution in [2.75, 3.05) is 10.6 Å². The van der Waals surface area contributed by atoms with Crippen LogP contribution < -0.4 is 20.1 Å². The maximum absolute atomic E-state index is 13.9. The van der Waals surface area contributed by atoms with Crippen LogP contribution in [0.1, 0.15) is 119 Å². The van der Waals surface area contributed by atoms with Gasteiger partial charge in [0, 0.05) is 17.8 Å². The third-order valence-corrected chi connectivity index (χ3v) is 9.45. The van der Waals surface area contributed by atoms with Crippen molar-refractivity contribution in [2.24, 2.45) is 0 Å². The van der Waals surface area contributed by atoms with Gasteiger partial charge in [0.1, 0.15) is 39.9 Å². The molecule has 0 amide bonds. The van der Waals surface area contributed by atoms with Gasteiger partial charge in [-0.3, -0.25) is 15.4 Å². The first kappa shape index (κ1) is 44.0. The van der Waals surface area contributed by atoms with Crippen LogP contribution >= 0.6 is 0 Å². The number of anilines is 2. The number of hydrogen-bond donors (Lipinski definition) is 2. The fourth-order valence-corrected chi connectivity index (χ4v) is 6.52. The van der Waals surface area contributed by atoms with Crippen LogP contribution in [-0.4, -0.2) is 5.78 Å². The first-order valence-corrected chi connectivity index (χ1v) is 19.1. The van der Waals surface area contributed by atoms with E-state index in [4.69, 9.17) is 20.0 Å². The quantitative estimate of drug-likeness (QED) is 0.0353. The molecule has 4 aromatic carbocycles. The minimum absolute atomic E-state index is 0.0509. The van der Waals surface area contributed by atoms with Gasteiger partial charge in [-0.15, -0.1) is 0 Å². The zero-order chi connectivity index (χ0) is 41.3. The number of rotatable bonds is 22. The van der Waals surface area contributed by atoms with Crippen molar-refractivity contribution >= 4 is 17.2 Å². The number of carbonyl (C=O) groups excluding carboxylic acids is 1. The number of nitriles is 2. The van der Waals surface area contributed by atoms with Gasteiger partial charge in [0.25, 0.3) is 0 Å². The molecule has 4 aromatic rings. The highest BCUT2D eigenvalue weighted by atomic mass is 19.4. The normalized spacial score (nSPS) is 11.5. The fraction of sp³-hybridized carbons (Fsp3) is 0.386. The molecule has 302 valence electrons. The number of carbonyl (C=O) groups is 1. The molecule has 7 nitrogen and oxygen atoms in total. The summed E-state index contributed by atoms with van der Waals surface area (Å²) in [6.07, 6.45) is 7.52. The lowest BCUT2D eigenvalue weighted by molar-refractivity contribution is -0.139. The van der Waals surface area contributed by atoms with E-state index in [0.29, 0.717) is 17.5 Å². The summed E-state index contributed by atoms with van der Waals surface area (Å²) in [5.74, 6) is -1.67. The lowest BCUT2D eigenvalue weighted by Gasteiger charge is -2.19. The van der Waals surface area contributed by atoms with Gasteiger partial charge < -0.3 is 9.47 Å². The van der Waals surface area contributed by atoms with Crippen LogP contribution in [0.2, 0.25) is 0 Å². The Hall–Kier alpha value is -5.69. The number of unbranched alkanes of at least 4 members (excludes halogenated alkanes) is 11. The van der Waals surface area contributed by atoms with E-state index in [1.807, 2.05) is 0 Å². The minimum Gasteiger partial charge on any atom is -0.457 e. The van der Waals surface area contributed by atoms with Gasteiger partial charge in [-0.05, 0) is 78.2 Å². The fourth-order valence-electron chi connectivity index (χ4n) is 6.52. The number of alkyl halides is 6. The zero-order valence-corrected chi connectivity index (χ0v) is 31.7. The molecule has 4 rings (SSSR count). The minimum atomic E-state index is -4.77. The number of nitrogens with one attached hydrogen (secondary N) is 2. The maximum atomic E-state index is 13.9. The van der Waals surface area contributed by atoms with Gasteiger partial charge in [-0.1, -0.05) is 102 Å². The number of ketones is 1. The summed E-state index contributed by atoms with van der Waals surface area (Å²) in [5.41, 5.74) is -1.17. The second kappa shape index (κ2) is 21.6. The average molecular weight is 793 g/mol. The topological polar surface area (TPSA) is 107 Å². The Morgan fingerprint density at radius 3 is 1.30 bits per heavy atom. The predicted molar refractivity (Wildman–Crippen MR) is 207 cm³/mol. The van der Waals surface area contributed by atoms with Crippen LogP contribution in [0.25, 0.3) is 0 Å². The number of benzene rings is 4. The molecular weight excluding hydrogens is 746 g/mol. The summed E-state index contributed by atoms with van der Waals surface area (Å²) in [5, 5.41) is 22.0. The third-order valence-electron chi connectivity index (χ3n) is 9.45. The van der Waals surface area contributed by atoms with Gasteiger partial charge in [-0.2, -0.15) is 36.9 Å². The molecule has 13 heteroatoms. The Morgan fingerprint density at radius 2 is 0.947 bits per heavy atom. The van der Waals surface area contributed by atoms with Crippen molar-refractivity contribution in [2.45, 2.75) is 109 Å². The van der Waals surface area contributed by atoms with Gasteiger partial charge in [0.05, 0.1) is 5.92 Å². The molecule has 0 spiro atoms. The molecule has 0 bridgehead atoms. The summed E-state index contributed by atoms with van der Waals surface area (Å²) in [4.78, 5) is 13.9. The molecule has 0 atom stereocenters. The highest BCUT2D eigenvalue weighted by Gasteiger charge is 2.36. The molecule has 0 aliphatic rings. The van der Waals surface area contributed by atoms with Crippen molar-refractivity contribution in [3.63, 3.8) is 0 Å². The van der Waals surface area contributed by atoms with Crippen molar-refractivity contribution in [1.29, 1.82) is 10.5 Å². The second-order valence-corrected chi connectivity index (χ2v) is 13.8. The van der Waals surface area contributed by atoms with Crippen LogP contribution in [0.3, 0.4) is 0 Å². The van der Waals surface area contributed by atoms with Crippen molar-refractivity contribution in [1.82, 2.24) is 0 Å². The van der Waals surface area contributed by atoms with E-state index in [9.17, 15) is 31.1 Å². The molecular formula is C44H46F6N4O3. The first-order chi connectivity index (χ1) is 27.3. The summed E-state index contributed by atoms with van der Waals surface area (Å²) >= 11 is 0. The van der Waals surface area contributed by atoms with E-state index in [0.717, 1.165) is 49.9 Å². The Kier molecular flexibility index (Phi) is 16.7. The number of nitrogens with zero attached hydrogens (tertiary/aromatic N) is 2. The first-order valence-electron chi connectivity index (χ1n) is 19.1. The van der Waals surface area contributed by atoms with E-state index in [1.165, 1.54) is 81.3 Å². The largest absolute Gasteiger partial charge is 0.457 e. The molecule has 0 aliphatic carbocycles. The molecule has 0 unspecified atom stereocenters. The molecule has 0 aliphatic heterocycles. The monoisotopic (exact) mass is 792 g/mol. The zero-order valence-electron chi connectivity index (χ0n) is 31.7. The number of halogens is 6. The molecule has 57 heavy (non-hydrogen) atoms. The molecule has 0 aromatic heterocycles. The predicted octanol–water partition coefficient (Wildman–Crippen LogP) is 13.9. The number of hydrogen-bond acceptors (Lipinski definition) is 7. The van der Waals surface area contributed by atoms with Crippen molar-refractivity contribution in [3.8, 4) is 35.4 Å². The van der Waals surface area contributed by atoms with Gasteiger partial charge in [0.2, 0.25) is 0 Å². The van der Waals surface area contributed by atoms with Gasteiger partial charge in [0.15, 0.2) is 12.4 Å². The molecule has 0 radical (unpaired) electrons. The van der Waals surface area contributed by atoms with E-state index in [-0.39, 0.29) is 35.1 Å². The molecule has 0 saturated carbocycles. The van der Waals surface area contributed by atoms with Gasteiger partial charge in [-0.25, -0.2) is 0 Å². The van der Waals surface area contributed by atoms with E-state index >= 15 is 0 Å². The lowest BCUT2D eigenvalue weighted by atomic mass is 9.85. The summed E-state index contributed by atoms with van der Waals surface area (Å²) < 4.78 is 94.3. The number of ether oxygens (including phenoxy) is 2.